The van der Waals surface area contributed by atoms with Gasteiger partial charge in [-0.15, -0.1) is 0 Å². The lowest BCUT2D eigenvalue weighted by atomic mass is 10.3. The van der Waals surface area contributed by atoms with Gasteiger partial charge in [0.1, 0.15) is 4.32 Å². The molecule has 0 unspecified atom stereocenters. The maximum absolute atomic E-state index is 5.48. The molecule has 0 bridgehead atoms. The molecule has 3 N–H and O–H groups in total. The topological polar surface area (TPSA) is 41.3 Å². The third-order valence-corrected chi connectivity index (χ3v) is 2.79. The average molecular weight is 235 g/mol. The molecule has 0 heterocycles. The number of nitrogens with zero attached hydrogens (tertiary/aromatic N) is 1. The molecular formula is C9H21N3S2. The van der Waals surface area contributed by atoms with Crippen molar-refractivity contribution in [2.75, 3.05) is 27.2 Å². The van der Waals surface area contributed by atoms with Gasteiger partial charge in [0.15, 0.2) is 0 Å². The van der Waals surface area contributed by atoms with Crippen molar-refractivity contribution in [3.63, 3.8) is 0 Å². The summed E-state index contributed by atoms with van der Waals surface area (Å²) in [5.74, 6) is 0. The molecule has 84 valence electrons. The molecule has 5 heteroatoms. The number of nitrogens with two attached hydrogens (primary N) is 1. The Labute approximate surface area is 96.8 Å². The maximum Gasteiger partial charge on any atom is 0.132 e. The summed E-state index contributed by atoms with van der Waals surface area (Å²) in [6.07, 6.45) is 1.13. The standard InChI is InChI=1S/C9H21N3S2/c1-9(2,14-8(10)13)11-6-5-7-12(3)4/h11H,5-7H2,1-4H3,(H2,10,13). The third-order valence-electron chi connectivity index (χ3n) is 1.69. The van der Waals surface area contributed by atoms with Crippen LogP contribution in [0.5, 0.6) is 0 Å². The van der Waals surface area contributed by atoms with Crippen molar-refractivity contribution in [2.45, 2.75) is 25.1 Å². The second-order valence-electron chi connectivity index (χ2n) is 4.02. The molecule has 0 rings (SSSR count). The van der Waals surface area contributed by atoms with Gasteiger partial charge in [-0.1, -0.05) is 24.0 Å². The summed E-state index contributed by atoms with van der Waals surface area (Å²) in [7, 11) is 4.16. The van der Waals surface area contributed by atoms with Crippen LogP contribution in [0.25, 0.3) is 0 Å². The van der Waals surface area contributed by atoms with E-state index in [-0.39, 0.29) is 4.87 Å². The van der Waals surface area contributed by atoms with Gasteiger partial charge in [0.25, 0.3) is 0 Å². The Balaban J connectivity index is 3.60. The van der Waals surface area contributed by atoms with Crippen LogP contribution < -0.4 is 11.1 Å². The van der Waals surface area contributed by atoms with Crippen molar-refractivity contribution >= 4 is 28.3 Å². The Morgan fingerprint density at radius 3 is 2.50 bits per heavy atom. The van der Waals surface area contributed by atoms with Crippen molar-refractivity contribution in [2.24, 2.45) is 5.73 Å². The quantitative estimate of drug-likeness (QED) is 0.412. The lowest BCUT2D eigenvalue weighted by molar-refractivity contribution is 0.387. The van der Waals surface area contributed by atoms with Gasteiger partial charge in [-0.2, -0.15) is 0 Å². The van der Waals surface area contributed by atoms with E-state index >= 15 is 0 Å². The van der Waals surface area contributed by atoms with Gasteiger partial charge in [0.2, 0.25) is 0 Å². The van der Waals surface area contributed by atoms with Crippen LogP contribution in [0.4, 0.5) is 0 Å². The van der Waals surface area contributed by atoms with Crippen LogP contribution in [-0.4, -0.2) is 41.3 Å². The summed E-state index contributed by atoms with van der Waals surface area (Å²) < 4.78 is 0.495. The fourth-order valence-corrected chi connectivity index (χ4v) is 2.37. The largest absolute Gasteiger partial charge is 0.385 e. The summed E-state index contributed by atoms with van der Waals surface area (Å²) in [5, 5.41) is 3.41. The molecule has 14 heavy (non-hydrogen) atoms. The first-order valence-electron chi connectivity index (χ1n) is 4.72. The van der Waals surface area contributed by atoms with Crippen LogP contribution in [0.15, 0.2) is 0 Å². The zero-order valence-electron chi connectivity index (χ0n) is 9.46. The molecule has 0 saturated carbocycles. The Kier molecular flexibility index (Phi) is 6.68. The van der Waals surface area contributed by atoms with Gasteiger partial charge in [-0.25, -0.2) is 0 Å². The van der Waals surface area contributed by atoms with Gasteiger partial charge >= 0.3 is 0 Å². The summed E-state index contributed by atoms with van der Waals surface area (Å²) in [5.41, 5.74) is 5.48. The van der Waals surface area contributed by atoms with E-state index in [4.69, 9.17) is 18.0 Å². The lowest BCUT2D eigenvalue weighted by Gasteiger charge is -2.25. The predicted octanol–water partition coefficient (Wildman–Crippen LogP) is 1.24. The normalized spacial score (nSPS) is 12.1. The second-order valence-corrected chi connectivity index (χ2v) is 6.38. The molecule has 0 fully saturated rings. The molecule has 0 aromatic rings. The van der Waals surface area contributed by atoms with Crippen LogP contribution >= 0.6 is 24.0 Å². The van der Waals surface area contributed by atoms with E-state index in [0.29, 0.717) is 4.32 Å². The second kappa shape index (κ2) is 6.61. The molecule has 0 atom stereocenters. The molecule has 0 aliphatic rings. The Morgan fingerprint density at radius 1 is 1.50 bits per heavy atom. The fourth-order valence-electron chi connectivity index (χ4n) is 1.07. The highest BCUT2D eigenvalue weighted by Gasteiger charge is 2.18. The number of nitrogens with one attached hydrogen (secondary N) is 1. The SMILES string of the molecule is CN(C)CCCNC(C)(C)SC(N)=S. The van der Waals surface area contributed by atoms with Gasteiger partial charge in [-0.05, 0) is 47.5 Å². The molecule has 0 spiro atoms. The van der Waals surface area contributed by atoms with Crippen molar-refractivity contribution in [3.8, 4) is 0 Å². The summed E-state index contributed by atoms with van der Waals surface area (Å²) in [4.78, 5) is 2.12. The number of rotatable bonds is 6. The number of thioether (sulfide) groups is 1. The first kappa shape index (κ1) is 14.2. The zero-order valence-corrected chi connectivity index (χ0v) is 11.1. The molecule has 0 radical (unpaired) electrons. The van der Waals surface area contributed by atoms with Crippen molar-refractivity contribution in [3.05, 3.63) is 0 Å². The minimum Gasteiger partial charge on any atom is -0.385 e. The van der Waals surface area contributed by atoms with Crippen LogP contribution in [0.2, 0.25) is 0 Å². The van der Waals surface area contributed by atoms with Crippen LogP contribution in [-0.2, 0) is 0 Å². The van der Waals surface area contributed by atoms with Crippen molar-refractivity contribution < 1.29 is 0 Å². The number of thiocarbonyl (C=S) groups is 1. The lowest BCUT2D eigenvalue weighted by Crippen LogP contribution is -2.39. The highest BCUT2D eigenvalue weighted by atomic mass is 32.2. The first-order valence-corrected chi connectivity index (χ1v) is 5.94. The molecule has 0 aliphatic carbocycles. The summed E-state index contributed by atoms with van der Waals surface area (Å²) >= 11 is 6.36. The average Bonchev–Trinajstić information content (AvgIpc) is 1.95. The smallest absolute Gasteiger partial charge is 0.132 e. The predicted molar refractivity (Wildman–Crippen MR) is 69.6 cm³/mol. The molecular weight excluding hydrogens is 214 g/mol. The van der Waals surface area contributed by atoms with Crippen LogP contribution in [0, 0.1) is 0 Å². The Bertz CT molecular complexity index is 181. The minimum absolute atomic E-state index is 0.0574. The van der Waals surface area contributed by atoms with Crippen molar-refractivity contribution in [1.29, 1.82) is 0 Å². The van der Waals surface area contributed by atoms with Crippen LogP contribution in [0.1, 0.15) is 20.3 Å². The van der Waals surface area contributed by atoms with Gasteiger partial charge in [-0.3, -0.25) is 0 Å². The molecule has 0 aromatic heterocycles. The molecule has 0 saturated heterocycles. The molecule has 0 amide bonds. The maximum atomic E-state index is 5.48. The molecule has 0 aliphatic heterocycles. The van der Waals surface area contributed by atoms with Gasteiger partial charge in [0.05, 0.1) is 4.87 Å². The van der Waals surface area contributed by atoms with E-state index in [1.807, 2.05) is 0 Å². The summed E-state index contributed by atoms with van der Waals surface area (Å²) in [6, 6.07) is 0. The highest BCUT2D eigenvalue weighted by molar-refractivity contribution is 8.23. The van der Waals surface area contributed by atoms with Gasteiger partial charge < -0.3 is 16.0 Å². The fraction of sp³-hybridized carbons (Fsp3) is 0.889. The van der Waals surface area contributed by atoms with E-state index < -0.39 is 0 Å². The third kappa shape index (κ3) is 8.74. The van der Waals surface area contributed by atoms with Crippen molar-refractivity contribution in [1.82, 2.24) is 10.2 Å². The summed E-state index contributed by atoms with van der Waals surface area (Å²) in [6.45, 7) is 6.26. The minimum atomic E-state index is -0.0574. The number of hydrogen-bond acceptors (Lipinski definition) is 4. The van der Waals surface area contributed by atoms with E-state index in [1.165, 1.54) is 11.8 Å². The molecule has 3 nitrogen and oxygen atoms in total. The van der Waals surface area contributed by atoms with E-state index in [1.54, 1.807) is 0 Å². The first-order chi connectivity index (χ1) is 6.33. The van der Waals surface area contributed by atoms with Crippen LogP contribution in [0.3, 0.4) is 0 Å². The Morgan fingerprint density at radius 2 is 2.07 bits per heavy atom. The Hall–Kier alpha value is 0.160. The zero-order chi connectivity index (χ0) is 11.2. The highest BCUT2D eigenvalue weighted by Crippen LogP contribution is 2.20. The monoisotopic (exact) mass is 235 g/mol. The van der Waals surface area contributed by atoms with Gasteiger partial charge in [0, 0.05) is 0 Å². The van der Waals surface area contributed by atoms with E-state index in [2.05, 4.69) is 38.2 Å². The number of hydrogen-bond donors (Lipinski definition) is 2. The van der Waals surface area contributed by atoms with E-state index in [9.17, 15) is 0 Å². The molecule has 0 aromatic carbocycles. The van der Waals surface area contributed by atoms with E-state index in [0.717, 1.165) is 19.5 Å².